The highest BCUT2D eigenvalue weighted by Gasteiger charge is 2.30. The van der Waals surface area contributed by atoms with Gasteiger partial charge in [0.15, 0.2) is 0 Å². The van der Waals surface area contributed by atoms with Crippen molar-refractivity contribution in [2.45, 2.75) is 18.6 Å². The summed E-state index contributed by atoms with van der Waals surface area (Å²) in [5.74, 6) is -0.607. The quantitative estimate of drug-likeness (QED) is 0.562. The van der Waals surface area contributed by atoms with E-state index < -0.39 is 24.1 Å². The molecule has 7 heteroatoms. The zero-order valence-electron chi connectivity index (χ0n) is 8.02. The van der Waals surface area contributed by atoms with Gasteiger partial charge in [0.05, 0.1) is 12.1 Å². The zero-order chi connectivity index (χ0) is 11.4. The molecular weight excluding hydrogens is 224 g/mol. The van der Waals surface area contributed by atoms with E-state index in [9.17, 15) is 14.7 Å². The first-order valence-corrected chi connectivity index (χ1v) is 5.09. The highest BCUT2D eigenvalue weighted by atomic mass is 35.5. The Hall–Kier alpha value is -1.01. The third-order valence-electron chi connectivity index (χ3n) is 2.31. The van der Waals surface area contributed by atoms with Crippen LogP contribution in [0.5, 0.6) is 0 Å². The topological polar surface area (TPSA) is 89.9 Å². The van der Waals surface area contributed by atoms with Crippen LogP contribution >= 0.6 is 11.6 Å². The second kappa shape index (κ2) is 5.18. The zero-order valence-corrected chi connectivity index (χ0v) is 8.78. The number of rotatable bonds is 2. The first-order chi connectivity index (χ1) is 7.04. The lowest BCUT2D eigenvalue weighted by atomic mass is 10.0. The van der Waals surface area contributed by atoms with Crippen molar-refractivity contribution in [1.82, 2.24) is 10.2 Å². The molecule has 2 atom stereocenters. The van der Waals surface area contributed by atoms with E-state index in [1.807, 2.05) is 0 Å². The van der Waals surface area contributed by atoms with Crippen LogP contribution in [0.25, 0.3) is 0 Å². The molecule has 0 unspecified atom stereocenters. The summed E-state index contributed by atoms with van der Waals surface area (Å²) in [6, 6.07) is -0.568. The van der Waals surface area contributed by atoms with Gasteiger partial charge in [0.2, 0.25) is 5.91 Å². The normalized spacial score (nSPS) is 26.1. The van der Waals surface area contributed by atoms with E-state index in [4.69, 9.17) is 16.7 Å². The summed E-state index contributed by atoms with van der Waals surface area (Å²) in [4.78, 5) is 22.8. The number of amides is 2. The third kappa shape index (κ3) is 3.24. The Balaban J connectivity index is 2.53. The molecule has 0 aliphatic carbocycles. The maximum atomic E-state index is 11.0. The molecule has 0 aromatic rings. The van der Waals surface area contributed by atoms with Crippen LogP contribution in [0.4, 0.5) is 4.79 Å². The Kier molecular flexibility index (Phi) is 4.16. The number of carboxylic acid groups (broad SMARTS) is 1. The van der Waals surface area contributed by atoms with E-state index in [0.29, 0.717) is 6.42 Å². The molecule has 3 N–H and O–H groups in total. The third-order valence-corrected chi connectivity index (χ3v) is 2.56. The lowest BCUT2D eigenvalue weighted by Gasteiger charge is -2.34. The highest BCUT2D eigenvalue weighted by Crippen LogP contribution is 2.11. The van der Waals surface area contributed by atoms with E-state index in [0.717, 1.165) is 4.90 Å². The van der Waals surface area contributed by atoms with Gasteiger partial charge in [0.1, 0.15) is 5.88 Å². The van der Waals surface area contributed by atoms with E-state index in [1.54, 1.807) is 0 Å². The largest absolute Gasteiger partial charge is 0.465 e. The van der Waals surface area contributed by atoms with Crippen LogP contribution in [-0.4, -0.2) is 58.2 Å². The minimum atomic E-state index is -1.05. The van der Waals surface area contributed by atoms with Crippen LogP contribution in [0.2, 0.25) is 0 Å². The average Bonchev–Trinajstić information content (AvgIpc) is 2.20. The predicted molar refractivity (Wildman–Crippen MR) is 52.9 cm³/mol. The van der Waals surface area contributed by atoms with Crippen molar-refractivity contribution >= 4 is 23.6 Å². The Morgan fingerprint density at radius 2 is 2.20 bits per heavy atom. The van der Waals surface area contributed by atoms with E-state index in [2.05, 4.69) is 5.32 Å². The Bertz CT molecular complexity index is 261. The summed E-state index contributed by atoms with van der Waals surface area (Å²) in [7, 11) is 0. The number of likely N-dealkylation sites (tertiary alicyclic amines) is 1. The van der Waals surface area contributed by atoms with Crippen molar-refractivity contribution in [2.75, 3.05) is 19.0 Å². The number of hydrogen-bond donors (Lipinski definition) is 3. The van der Waals surface area contributed by atoms with E-state index in [1.165, 1.54) is 0 Å². The van der Waals surface area contributed by atoms with Crippen LogP contribution < -0.4 is 5.32 Å². The maximum Gasteiger partial charge on any atom is 0.407 e. The molecule has 6 nitrogen and oxygen atoms in total. The van der Waals surface area contributed by atoms with Gasteiger partial charge in [-0.3, -0.25) is 4.79 Å². The first kappa shape index (κ1) is 12.1. The van der Waals surface area contributed by atoms with Crippen molar-refractivity contribution in [3.05, 3.63) is 0 Å². The van der Waals surface area contributed by atoms with Crippen molar-refractivity contribution in [2.24, 2.45) is 0 Å². The molecule has 0 radical (unpaired) electrons. The summed E-state index contributed by atoms with van der Waals surface area (Å²) in [5.41, 5.74) is 0. The number of nitrogens with zero attached hydrogens (tertiary/aromatic N) is 1. The number of aliphatic hydroxyl groups is 1. The number of halogens is 1. The fourth-order valence-corrected chi connectivity index (χ4v) is 1.58. The molecule has 0 aromatic carbocycles. The second-order valence-corrected chi connectivity index (χ2v) is 3.66. The fraction of sp³-hybridized carbons (Fsp3) is 0.750. The van der Waals surface area contributed by atoms with E-state index >= 15 is 0 Å². The van der Waals surface area contributed by atoms with Crippen LogP contribution in [0.15, 0.2) is 0 Å². The lowest BCUT2D eigenvalue weighted by Crippen LogP contribution is -2.56. The van der Waals surface area contributed by atoms with Crippen LogP contribution in [0.3, 0.4) is 0 Å². The molecule has 1 heterocycles. The van der Waals surface area contributed by atoms with Crippen molar-refractivity contribution in [3.8, 4) is 0 Å². The smallest absolute Gasteiger partial charge is 0.407 e. The van der Waals surface area contributed by atoms with Gasteiger partial charge in [-0.1, -0.05) is 0 Å². The number of piperidine rings is 1. The average molecular weight is 237 g/mol. The molecule has 86 valence electrons. The number of carbonyl (C=O) groups excluding carboxylic acids is 1. The van der Waals surface area contributed by atoms with Gasteiger partial charge >= 0.3 is 6.09 Å². The number of nitrogens with one attached hydrogen (secondary N) is 1. The van der Waals surface area contributed by atoms with Gasteiger partial charge in [-0.2, -0.15) is 0 Å². The number of alkyl halides is 1. The molecule has 1 fully saturated rings. The number of aliphatic hydroxyl groups excluding tert-OH is 1. The summed E-state index contributed by atoms with van der Waals surface area (Å²) in [6.07, 6.45) is -1.45. The molecule has 1 rings (SSSR count). The summed E-state index contributed by atoms with van der Waals surface area (Å²) >= 11 is 5.29. The molecule has 0 aromatic heterocycles. The molecule has 0 saturated carbocycles. The van der Waals surface area contributed by atoms with E-state index in [-0.39, 0.29) is 19.0 Å². The fourth-order valence-electron chi connectivity index (χ4n) is 1.50. The highest BCUT2D eigenvalue weighted by molar-refractivity contribution is 6.27. The van der Waals surface area contributed by atoms with Crippen LogP contribution in [-0.2, 0) is 4.79 Å². The minimum absolute atomic E-state index is 0.0964. The molecular formula is C8H13ClN2O4. The molecule has 2 amide bonds. The van der Waals surface area contributed by atoms with Gasteiger partial charge in [-0.25, -0.2) is 4.79 Å². The van der Waals surface area contributed by atoms with Gasteiger partial charge < -0.3 is 20.4 Å². The van der Waals surface area contributed by atoms with Crippen LogP contribution in [0, 0.1) is 0 Å². The minimum Gasteiger partial charge on any atom is -0.465 e. The monoisotopic (exact) mass is 236 g/mol. The second-order valence-electron chi connectivity index (χ2n) is 3.39. The van der Waals surface area contributed by atoms with Crippen molar-refractivity contribution in [1.29, 1.82) is 0 Å². The Morgan fingerprint density at radius 3 is 2.73 bits per heavy atom. The number of hydrogen-bond acceptors (Lipinski definition) is 3. The Morgan fingerprint density at radius 1 is 1.53 bits per heavy atom. The molecule has 1 saturated heterocycles. The van der Waals surface area contributed by atoms with Crippen LogP contribution in [0.1, 0.15) is 6.42 Å². The molecule has 0 bridgehead atoms. The summed E-state index contributed by atoms with van der Waals surface area (Å²) in [6.45, 7) is 0.378. The van der Waals surface area contributed by atoms with Gasteiger partial charge in [-0.15, -0.1) is 11.6 Å². The predicted octanol–water partition coefficient (Wildman–Crippen LogP) is -0.545. The number of carbonyl (C=O) groups is 2. The maximum absolute atomic E-state index is 11.0. The first-order valence-electron chi connectivity index (χ1n) is 4.56. The Labute approximate surface area is 91.8 Å². The SMILES string of the molecule is O=C(CCl)N[C@H]1CN(C(=O)O)CC[C@@H]1O. The standard InChI is InChI=1S/C8H13ClN2O4/c9-3-7(13)10-5-4-11(8(14)15)2-1-6(5)12/h5-6,12H,1-4H2,(H,10,13)(H,14,15)/t5-,6-/m0/s1. The molecule has 15 heavy (non-hydrogen) atoms. The van der Waals surface area contributed by atoms with Crippen molar-refractivity contribution in [3.63, 3.8) is 0 Å². The van der Waals surface area contributed by atoms with Gasteiger partial charge in [0.25, 0.3) is 0 Å². The molecule has 0 spiro atoms. The van der Waals surface area contributed by atoms with Crippen molar-refractivity contribution < 1.29 is 19.8 Å². The van der Waals surface area contributed by atoms with Gasteiger partial charge in [0, 0.05) is 13.1 Å². The van der Waals surface area contributed by atoms with Gasteiger partial charge in [-0.05, 0) is 6.42 Å². The molecule has 1 aliphatic heterocycles. The summed E-state index contributed by atoms with van der Waals surface area (Å²) < 4.78 is 0. The molecule has 1 aliphatic rings. The lowest BCUT2D eigenvalue weighted by molar-refractivity contribution is -0.120. The summed E-state index contributed by atoms with van der Waals surface area (Å²) in [5, 5.41) is 20.8.